The van der Waals surface area contributed by atoms with Crippen molar-refractivity contribution in [3.8, 4) is 0 Å². The van der Waals surface area contributed by atoms with E-state index in [0.717, 1.165) is 18.9 Å². The van der Waals surface area contributed by atoms with Gasteiger partial charge in [0.05, 0.1) is 0 Å². The molecule has 2 unspecified atom stereocenters. The lowest BCUT2D eigenvalue weighted by Gasteiger charge is -2.23. The van der Waals surface area contributed by atoms with Crippen LogP contribution in [0.3, 0.4) is 0 Å². The Bertz CT molecular complexity index is 339. The lowest BCUT2D eigenvalue weighted by atomic mass is 9.90. The fourth-order valence-corrected chi connectivity index (χ4v) is 2.04. The normalized spacial score (nSPS) is 14.8. The molecule has 1 nitrogen and oxygen atoms in total. The van der Waals surface area contributed by atoms with Crippen LogP contribution in [0.1, 0.15) is 38.2 Å². The minimum Gasteiger partial charge on any atom is -0.316 e. The van der Waals surface area contributed by atoms with Gasteiger partial charge in [-0.25, -0.2) is 8.78 Å². The van der Waals surface area contributed by atoms with E-state index in [-0.39, 0.29) is 12.0 Å². The summed E-state index contributed by atoms with van der Waals surface area (Å²) in [5.74, 6) is -0.931. The van der Waals surface area contributed by atoms with Crippen LogP contribution in [0.5, 0.6) is 0 Å². The SMILES string of the molecule is CCCC(NC)C(C)c1ccc(F)cc1F. The van der Waals surface area contributed by atoms with Gasteiger partial charge in [-0.2, -0.15) is 0 Å². The van der Waals surface area contributed by atoms with E-state index in [1.165, 1.54) is 12.1 Å². The number of halogens is 2. The maximum absolute atomic E-state index is 13.6. The van der Waals surface area contributed by atoms with Gasteiger partial charge in [0.15, 0.2) is 0 Å². The molecule has 0 radical (unpaired) electrons. The number of likely N-dealkylation sites (N-methyl/N-ethyl adjacent to an activating group) is 1. The maximum Gasteiger partial charge on any atom is 0.129 e. The molecular weight excluding hydrogens is 208 g/mol. The van der Waals surface area contributed by atoms with Gasteiger partial charge in [-0.15, -0.1) is 0 Å². The molecule has 1 aromatic carbocycles. The third-order valence-electron chi connectivity index (χ3n) is 3.03. The highest BCUT2D eigenvalue weighted by Crippen LogP contribution is 2.24. The van der Waals surface area contributed by atoms with E-state index in [0.29, 0.717) is 5.56 Å². The highest BCUT2D eigenvalue weighted by Gasteiger charge is 2.19. The van der Waals surface area contributed by atoms with Gasteiger partial charge in [-0.3, -0.25) is 0 Å². The fourth-order valence-electron chi connectivity index (χ4n) is 2.04. The highest BCUT2D eigenvalue weighted by atomic mass is 19.1. The van der Waals surface area contributed by atoms with E-state index in [4.69, 9.17) is 0 Å². The number of benzene rings is 1. The molecule has 0 aliphatic heterocycles. The molecule has 1 aromatic rings. The molecule has 0 aliphatic rings. The predicted molar refractivity (Wildman–Crippen MR) is 62.5 cm³/mol. The zero-order valence-corrected chi connectivity index (χ0v) is 10.1. The van der Waals surface area contributed by atoms with Crippen LogP contribution < -0.4 is 5.32 Å². The van der Waals surface area contributed by atoms with Crippen LogP contribution >= 0.6 is 0 Å². The van der Waals surface area contributed by atoms with Crippen molar-refractivity contribution in [2.24, 2.45) is 0 Å². The number of nitrogens with one attached hydrogen (secondary N) is 1. The second-order valence-electron chi connectivity index (χ2n) is 4.14. The van der Waals surface area contributed by atoms with E-state index < -0.39 is 11.6 Å². The molecule has 1 N–H and O–H groups in total. The fraction of sp³-hybridized carbons (Fsp3) is 0.538. The van der Waals surface area contributed by atoms with Crippen molar-refractivity contribution in [3.63, 3.8) is 0 Å². The van der Waals surface area contributed by atoms with Crippen LogP contribution in [-0.4, -0.2) is 13.1 Å². The average molecular weight is 227 g/mol. The summed E-state index contributed by atoms with van der Waals surface area (Å²) in [6, 6.07) is 4.03. The molecule has 3 heteroatoms. The number of hydrogen-bond donors (Lipinski definition) is 1. The molecule has 0 saturated carbocycles. The van der Waals surface area contributed by atoms with Gasteiger partial charge in [0.1, 0.15) is 11.6 Å². The second kappa shape index (κ2) is 5.94. The second-order valence-corrected chi connectivity index (χ2v) is 4.14. The molecule has 0 aliphatic carbocycles. The first-order valence-electron chi connectivity index (χ1n) is 5.72. The zero-order valence-electron chi connectivity index (χ0n) is 10.1. The first-order valence-corrected chi connectivity index (χ1v) is 5.72. The summed E-state index contributed by atoms with van der Waals surface area (Å²) in [5, 5.41) is 3.18. The Morgan fingerprint density at radius 3 is 2.50 bits per heavy atom. The predicted octanol–water partition coefficient (Wildman–Crippen LogP) is 3.46. The Hall–Kier alpha value is -0.960. The molecular formula is C13H19F2N. The molecule has 0 saturated heterocycles. The van der Waals surface area contributed by atoms with Crippen LogP contribution in [0.4, 0.5) is 8.78 Å². The van der Waals surface area contributed by atoms with E-state index in [9.17, 15) is 8.78 Å². The van der Waals surface area contributed by atoms with Gasteiger partial charge in [0.25, 0.3) is 0 Å². The summed E-state index contributed by atoms with van der Waals surface area (Å²) >= 11 is 0. The minimum absolute atomic E-state index is 0.0468. The Balaban J connectivity index is 2.89. The lowest BCUT2D eigenvalue weighted by Crippen LogP contribution is -2.31. The molecule has 0 fully saturated rings. The van der Waals surface area contributed by atoms with Crippen LogP contribution in [0.15, 0.2) is 18.2 Å². The summed E-state index contributed by atoms with van der Waals surface area (Å²) in [7, 11) is 1.87. The molecule has 90 valence electrons. The Morgan fingerprint density at radius 2 is 2.00 bits per heavy atom. The molecule has 0 heterocycles. The molecule has 0 amide bonds. The molecule has 2 atom stereocenters. The van der Waals surface area contributed by atoms with E-state index in [1.54, 1.807) is 0 Å². The van der Waals surface area contributed by atoms with E-state index >= 15 is 0 Å². The first-order chi connectivity index (χ1) is 7.60. The van der Waals surface area contributed by atoms with Crippen LogP contribution in [-0.2, 0) is 0 Å². The smallest absolute Gasteiger partial charge is 0.129 e. The third-order valence-corrected chi connectivity index (χ3v) is 3.03. The Kier molecular flexibility index (Phi) is 4.87. The van der Waals surface area contributed by atoms with Crippen molar-refractivity contribution >= 4 is 0 Å². The third kappa shape index (κ3) is 3.01. The Labute approximate surface area is 95.9 Å². The molecule has 0 aromatic heterocycles. The lowest BCUT2D eigenvalue weighted by molar-refractivity contribution is 0.436. The van der Waals surface area contributed by atoms with Crippen molar-refractivity contribution in [3.05, 3.63) is 35.4 Å². The van der Waals surface area contributed by atoms with Crippen LogP contribution in [0, 0.1) is 11.6 Å². The van der Waals surface area contributed by atoms with Crippen LogP contribution in [0.2, 0.25) is 0 Å². The van der Waals surface area contributed by atoms with Gasteiger partial charge in [-0.05, 0) is 31.0 Å². The minimum atomic E-state index is -0.523. The Morgan fingerprint density at radius 1 is 1.31 bits per heavy atom. The van der Waals surface area contributed by atoms with Crippen molar-refractivity contribution < 1.29 is 8.78 Å². The topological polar surface area (TPSA) is 12.0 Å². The maximum atomic E-state index is 13.6. The van der Waals surface area contributed by atoms with Crippen LogP contribution in [0.25, 0.3) is 0 Å². The summed E-state index contributed by atoms with van der Waals surface area (Å²) in [4.78, 5) is 0. The summed E-state index contributed by atoms with van der Waals surface area (Å²) in [6.07, 6.45) is 2.02. The van der Waals surface area contributed by atoms with Crippen molar-refractivity contribution in [1.29, 1.82) is 0 Å². The molecule has 0 spiro atoms. The quantitative estimate of drug-likeness (QED) is 0.812. The van der Waals surface area contributed by atoms with Crippen molar-refractivity contribution in [2.75, 3.05) is 7.05 Å². The van der Waals surface area contributed by atoms with Gasteiger partial charge >= 0.3 is 0 Å². The van der Waals surface area contributed by atoms with E-state index in [2.05, 4.69) is 12.2 Å². The summed E-state index contributed by atoms with van der Waals surface area (Å²) in [5.41, 5.74) is 0.578. The molecule has 0 bridgehead atoms. The van der Waals surface area contributed by atoms with Gasteiger partial charge in [0.2, 0.25) is 0 Å². The zero-order chi connectivity index (χ0) is 12.1. The van der Waals surface area contributed by atoms with Gasteiger partial charge < -0.3 is 5.32 Å². The monoisotopic (exact) mass is 227 g/mol. The standard InChI is InChI=1S/C13H19F2N/c1-4-5-13(16-3)9(2)11-7-6-10(14)8-12(11)15/h6-9,13,16H,4-5H2,1-3H3. The largest absolute Gasteiger partial charge is 0.316 e. The highest BCUT2D eigenvalue weighted by molar-refractivity contribution is 5.23. The van der Waals surface area contributed by atoms with Crippen molar-refractivity contribution in [2.45, 2.75) is 38.6 Å². The summed E-state index contributed by atoms with van der Waals surface area (Å²) < 4.78 is 26.4. The first kappa shape index (κ1) is 13.1. The van der Waals surface area contributed by atoms with Gasteiger partial charge in [0, 0.05) is 12.1 Å². The van der Waals surface area contributed by atoms with Crippen molar-refractivity contribution in [1.82, 2.24) is 5.32 Å². The average Bonchev–Trinajstić information content (AvgIpc) is 2.25. The van der Waals surface area contributed by atoms with Gasteiger partial charge in [-0.1, -0.05) is 26.3 Å². The number of hydrogen-bond acceptors (Lipinski definition) is 1. The van der Waals surface area contributed by atoms with E-state index in [1.807, 2.05) is 14.0 Å². The summed E-state index contributed by atoms with van der Waals surface area (Å²) in [6.45, 7) is 4.06. The molecule has 1 rings (SSSR count). The number of rotatable bonds is 5. The molecule has 16 heavy (non-hydrogen) atoms.